The standard InChI is InChI=1S/C21H19ClN2O4/c1-13-3-4-15(9-14(13)2)19(25)7-8-21(27)28-12-20(26)24-18-10-17(22)6-5-16(18)11-23/h3-6,9-10H,7-8,12H2,1-2H3,(H,24,26). The summed E-state index contributed by atoms with van der Waals surface area (Å²) in [5, 5.41) is 11.9. The molecule has 0 unspecified atom stereocenters. The van der Waals surface area contributed by atoms with Gasteiger partial charge in [-0.2, -0.15) is 5.26 Å². The average Bonchev–Trinajstić information content (AvgIpc) is 2.66. The van der Waals surface area contributed by atoms with Crippen LogP contribution in [0.5, 0.6) is 0 Å². The molecule has 0 heterocycles. The number of hydrogen-bond acceptors (Lipinski definition) is 5. The molecule has 2 rings (SSSR count). The van der Waals surface area contributed by atoms with Crippen molar-refractivity contribution in [2.75, 3.05) is 11.9 Å². The van der Waals surface area contributed by atoms with Crippen molar-refractivity contribution in [3.05, 3.63) is 63.7 Å². The minimum absolute atomic E-state index is 0.00414. The van der Waals surface area contributed by atoms with Crippen molar-refractivity contribution in [1.29, 1.82) is 5.26 Å². The highest BCUT2D eigenvalue weighted by Gasteiger charge is 2.13. The second-order valence-corrected chi connectivity index (χ2v) is 6.67. The Morgan fingerprint density at radius 1 is 1.07 bits per heavy atom. The van der Waals surface area contributed by atoms with Crippen molar-refractivity contribution in [3.8, 4) is 6.07 Å². The molecule has 0 aromatic heterocycles. The Bertz CT molecular complexity index is 963. The molecular weight excluding hydrogens is 380 g/mol. The van der Waals surface area contributed by atoms with Gasteiger partial charge >= 0.3 is 5.97 Å². The number of esters is 1. The molecule has 0 saturated heterocycles. The maximum atomic E-state index is 12.2. The van der Waals surface area contributed by atoms with Gasteiger partial charge in [-0.15, -0.1) is 0 Å². The number of hydrogen-bond donors (Lipinski definition) is 1. The molecule has 0 fully saturated rings. The van der Waals surface area contributed by atoms with Crippen molar-refractivity contribution in [2.24, 2.45) is 0 Å². The molecule has 2 aromatic rings. The summed E-state index contributed by atoms with van der Waals surface area (Å²) in [6, 6.07) is 11.7. The normalized spacial score (nSPS) is 10.1. The lowest BCUT2D eigenvalue weighted by Gasteiger charge is -2.08. The zero-order valence-electron chi connectivity index (χ0n) is 15.5. The number of ketones is 1. The van der Waals surface area contributed by atoms with Crippen LogP contribution >= 0.6 is 11.6 Å². The van der Waals surface area contributed by atoms with Crippen molar-refractivity contribution < 1.29 is 19.1 Å². The predicted molar refractivity (Wildman–Crippen MR) is 105 cm³/mol. The van der Waals surface area contributed by atoms with E-state index >= 15 is 0 Å². The molecule has 0 radical (unpaired) electrons. The topological polar surface area (TPSA) is 96.3 Å². The largest absolute Gasteiger partial charge is 0.456 e. The van der Waals surface area contributed by atoms with Crippen molar-refractivity contribution in [2.45, 2.75) is 26.7 Å². The van der Waals surface area contributed by atoms with E-state index in [-0.39, 0.29) is 29.9 Å². The third-order valence-electron chi connectivity index (χ3n) is 4.13. The molecule has 144 valence electrons. The first-order chi connectivity index (χ1) is 13.3. The first-order valence-electron chi connectivity index (χ1n) is 8.55. The Kier molecular flexibility index (Phi) is 7.30. The highest BCUT2D eigenvalue weighted by Crippen LogP contribution is 2.20. The molecule has 0 spiro atoms. The molecule has 0 bridgehead atoms. The molecule has 28 heavy (non-hydrogen) atoms. The summed E-state index contributed by atoms with van der Waals surface area (Å²) >= 11 is 5.85. The maximum Gasteiger partial charge on any atom is 0.306 e. The lowest BCUT2D eigenvalue weighted by Crippen LogP contribution is -2.21. The van der Waals surface area contributed by atoms with Crippen LogP contribution in [0.4, 0.5) is 5.69 Å². The molecule has 7 heteroatoms. The predicted octanol–water partition coefficient (Wildman–Crippen LogP) is 3.97. The number of nitriles is 1. The molecular formula is C21H19ClN2O4. The number of halogens is 1. The highest BCUT2D eigenvalue weighted by molar-refractivity contribution is 6.31. The van der Waals surface area contributed by atoms with Gasteiger partial charge in [0.25, 0.3) is 5.91 Å². The quantitative estimate of drug-likeness (QED) is 0.562. The van der Waals surface area contributed by atoms with Crippen LogP contribution in [0.15, 0.2) is 36.4 Å². The van der Waals surface area contributed by atoms with E-state index in [1.807, 2.05) is 26.0 Å². The Balaban J connectivity index is 1.81. The number of Topliss-reactive ketones (excluding diaryl/α,β-unsaturated/α-hetero) is 1. The summed E-state index contributed by atoms with van der Waals surface area (Å²) in [5.74, 6) is -1.42. The molecule has 0 aliphatic carbocycles. The van der Waals surface area contributed by atoms with Crippen LogP contribution in [0.25, 0.3) is 0 Å². The Morgan fingerprint density at radius 2 is 1.82 bits per heavy atom. The molecule has 0 saturated carbocycles. The van der Waals surface area contributed by atoms with Crippen LogP contribution in [0.2, 0.25) is 5.02 Å². The number of anilines is 1. The summed E-state index contributed by atoms with van der Waals surface area (Å²) in [6.07, 6.45) is -0.129. The van der Waals surface area contributed by atoms with E-state index in [1.54, 1.807) is 12.1 Å². The molecule has 0 atom stereocenters. The summed E-state index contributed by atoms with van der Waals surface area (Å²) in [5.41, 5.74) is 3.10. The number of nitrogens with zero attached hydrogens (tertiary/aromatic N) is 1. The minimum Gasteiger partial charge on any atom is -0.456 e. The lowest BCUT2D eigenvalue weighted by atomic mass is 10.0. The fourth-order valence-electron chi connectivity index (χ4n) is 2.40. The lowest BCUT2D eigenvalue weighted by molar-refractivity contribution is -0.147. The number of ether oxygens (including phenoxy) is 1. The van der Waals surface area contributed by atoms with Crippen LogP contribution < -0.4 is 5.32 Å². The molecule has 1 N–H and O–H groups in total. The number of amides is 1. The second kappa shape index (κ2) is 9.67. The molecule has 1 amide bonds. The minimum atomic E-state index is -0.654. The van der Waals surface area contributed by atoms with Gasteiger partial charge in [-0.1, -0.05) is 23.7 Å². The number of carbonyl (C=O) groups excluding carboxylic acids is 3. The van der Waals surface area contributed by atoms with Crippen LogP contribution in [0.1, 0.15) is 39.9 Å². The van der Waals surface area contributed by atoms with Gasteiger partial charge in [-0.25, -0.2) is 0 Å². The van der Waals surface area contributed by atoms with Gasteiger partial charge in [0.05, 0.1) is 17.7 Å². The monoisotopic (exact) mass is 398 g/mol. The van der Waals surface area contributed by atoms with E-state index < -0.39 is 18.5 Å². The number of carbonyl (C=O) groups is 3. The van der Waals surface area contributed by atoms with Gasteiger partial charge in [-0.3, -0.25) is 14.4 Å². The summed E-state index contributed by atoms with van der Waals surface area (Å²) in [7, 11) is 0. The van der Waals surface area contributed by atoms with Gasteiger partial charge in [-0.05, 0) is 49.2 Å². The van der Waals surface area contributed by atoms with Gasteiger partial charge in [0.2, 0.25) is 0 Å². The fraction of sp³-hybridized carbons (Fsp3) is 0.238. The zero-order chi connectivity index (χ0) is 20.7. The number of nitrogens with one attached hydrogen (secondary N) is 1. The molecule has 6 nitrogen and oxygen atoms in total. The summed E-state index contributed by atoms with van der Waals surface area (Å²) < 4.78 is 4.89. The SMILES string of the molecule is Cc1ccc(C(=O)CCC(=O)OCC(=O)Nc2cc(Cl)ccc2C#N)cc1C. The number of aryl methyl sites for hydroxylation is 2. The maximum absolute atomic E-state index is 12.2. The van der Waals surface area contributed by atoms with Crippen molar-refractivity contribution in [1.82, 2.24) is 0 Å². The van der Waals surface area contributed by atoms with Crippen molar-refractivity contribution in [3.63, 3.8) is 0 Å². The van der Waals surface area contributed by atoms with Gasteiger partial charge in [0.15, 0.2) is 12.4 Å². The Hall–Kier alpha value is -3.17. The Labute approximate surface area is 168 Å². The highest BCUT2D eigenvalue weighted by atomic mass is 35.5. The van der Waals surface area contributed by atoms with E-state index in [0.717, 1.165) is 11.1 Å². The van der Waals surface area contributed by atoms with E-state index in [4.69, 9.17) is 21.6 Å². The number of rotatable bonds is 7. The van der Waals surface area contributed by atoms with Gasteiger partial charge in [0.1, 0.15) is 6.07 Å². The third-order valence-corrected chi connectivity index (χ3v) is 4.36. The van der Waals surface area contributed by atoms with E-state index in [1.165, 1.54) is 18.2 Å². The van der Waals surface area contributed by atoms with Gasteiger partial charge in [0, 0.05) is 17.0 Å². The first kappa shape index (κ1) is 21.1. The van der Waals surface area contributed by atoms with Crippen LogP contribution in [0.3, 0.4) is 0 Å². The van der Waals surface area contributed by atoms with Crippen molar-refractivity contribution >= 4 is 34.9 Å². The summed E-state index contributed by atoms with van der Waals surface area (Å²) in [4.78, 5) is 35.9. The van der Waals surface area contributed by atoms with Crippen LogP contribution in [-0.2, 0) is 14.3 Å². The average molecular weight is 399 g/mol. The fourth-order valence-corrected chi connectivity index (χ4v) is 2.57. The molecule has 2 aromatic carbocycles. The molecule has 0 aliphatic rings. The first-order valence-corrected chi connectivity index (χ1v) is 8.93. The van der Waals surface area contributed by atoms with E-state index in [2.05, 4.69) is 5.32 Å². The number of benzene rings is 2. The van der Waals surface area contributed by atoms with Crippen LogP contribution in [-0.4, -0.2) is 24.3 Å². The third kappa shape index (κ3) is 5.93. The van der Waals surface area contributed by atoms with E-state index in [0.29, 0.717) is 10.6 Å². The Morgan fingerprint density at radius 3 is 2.50 bits per heavy atom. The zero-order valence-corrected chi connectivity index (χ0v) is 16.3. The molecule has 0 aliphatic heterocycles. The van der Waals surface area contributed by atoms with Crippen LogP contribution in [0, 0.1) is 25.2 Å². The smallest absolute Gasteiger partial charge is 0.306 e. The second-order valence-electron chi connectivity index (χ2n) is 6.23. The van der Waals surface area contributed by atoms with Gasteiger partial charge < -0.3 is 10.1 Å². The summed E-state index contributed by atoms with van der Waals surface area (Å²) in [6.45, 7) is 3.35. The van der Waals surface area contributed by atoms with E-state index in [9.17, 15) is 14.4 Å².